The monoisotopic (exact) mass is 403 g/mol. The van der Waals surface area contributed by atoms with Crippen LogP contribution in [0.2, 0.25) is 0 Å². The number of hydrogen-bond acceptors (Lipinski definition) is 5. The number of aliphatic hydroxyl groups excluding tert-OH is 1. The highest BCUT2D eigenvalue weighted by Crippen LogP contribution is 2.27. The Balaban J connectivity index is 1.64. The van der Waals surface area contributed by atoms with Crippen LogP contribution in [0, 0.1) is 13.8 Å². The van der Waals surface area contributed by atoms with Gasteiger partial charge in [-0.05, 0) is 55.9 Å². The van der Waals surface area contributed by atoms with Gasteiger partial charge >= 0.3 is 0 Å². The van der Waals surface area contributed by atoms with E-state index < -0.39 is 0 Å². The summed E-state index contributed by atoms with van der Waals surface area (Å²) in [7, 11) is 1.72. The van der Waals surface area contributed by atoms with Crippen molar-refractivity contribution in [1.29, 1.82) is 0 Å². The van der Waals surface area contributed by atoms with Gasteiger partial charge in [0.1, 0.15) is 5.75 Å². The number of carbonyl (C=O) groups excluding carboxylic acids is 1. The van der Waals surface area contributed by atoms with Crippen molar-refractivity contribution >= 4 is 5.91 Å². The highest BCUT2D eigenvalue weighted by atomic mass is 16.5. The number of rotatable bonds is 6. The summed E-state index contributed by atoms with van der Waals surface area (Å²) in [5, 5.41) is 9.66. The van der Waals surface area contributed by atoms with E-state index in [0.717, 1.165) is 64.3 Å². The lowest BCUT2D eigenvalue weighted by Crippen LogP contribution is -2.57. The molecule has 1 aromatic carbocycles. The highest BCUT2D eigenvalue weighted by Gasteiger charge is 2.32. The number of aliphatic hydroxyl groups is 1. The van der Waals surface area contributed by atoms with Crippen LogP contribution in [0.4, 0.5) is 0 Å². The molecule has 3 rings (SSSR count). The van der Waals surface area contributed by atoms with Gasteiger partial charge in [-0.25, -0.2) is 0 Å². The van der Waals surface area contributed by atoms with Crippen LogP contribution >= 0.6 is 0 Å². The van der Waals surface area contributed by atoms with E-state index in [4.69, 9.17) is 4.74 Å². The largest absolute Gasteiger partial charge is 0.496 e. The van der Waals surface area contributed by atoms with Crippen LogP contribution in [-0.2, 0) is 11.3 Å². The normalized spacial score (nSPS) is 22.1. The molecule has 0 bridgehead atoms. The van der Waals surface area contributed by atoms with Crippen LogP contribution in [0.3, 0.4) is 0 Å². The zero-order valence-electron chi connectivity index (χ0n) is 18.5. The highest BCUT2D eigenvalue weighted by molar-refractivity contribution is 5.73. The van der Waals surface area contributed by atoms with Gasteiger partial charge < -0.3 is 14.7 Å². The van der Waals surface area contributed by atoms with Crippen LogP contribution in [0.1, 0.15) is 42.9 Å². The predicted octanol–water partition coefficient (Wildman–Crippen LogP) is 2.19. The number of likely N-dealkylation sites (tertiary alicyclic amines) is 1. The topological polar surface area (TPSA) is 56.2 Å². The molecular weight excluding hydrogens is 366 g/mol. The molecule has 2 heterocycles. The van der Waals surface area contributed by atoms with Crippen molar-refractivity contribution in [2.75, 3.05) is 46.4 Å². The first-order chi connectivity index (χ1) is 13.9. The molecule has 0 aliphatic carbocycles. The molecule has 0 spiro atoms. The second-order valence-electron chi connectivity index (χ2n) is 8.55. The molecule has 0 saturated carbocycles. The summed E-state index contributed by atoms with van der Waals surface area (Å²) in [5.74, 6) is 1.14. The van der Waals surface area contributed by atoms with Crippen molar-refractivity contribution in [1.82, 2.24) is 14.7 Å². The summed E-state index contributed by atoms with van der Waals surface area (Å²) < 4.78 is 5.46. The van der Waals surface area contributed by atoms with E-state index in [9.17, 15) is 9.90 Å². The number of carbonyl (C=O) groups is 1. The molecule has 2 fully saturated rings. The maximum Gasteiger partial charge on any atom is 0.219 e. The lowest BCUT2D eigenvalue weighted by molar-refractivity contribution is -0.130. The number of piperidine rings is 1. The zero-order chi connectivity index (χ0) is 21.0. The van der Waals surface area contributed by atoms with Crippen molar-refractivity contribution in [3.8, 4) is 5.75 Å². The van der Waals surface area contributed by atoms with Gasteiger partial charge in [0.2, 0.25) is 5.91 Å². The Morgan fingerprint density at radius 1 is 1.14 bits per heavy atom. The third-order valence-electron chi connectivity index (χ3n) is 6.97. The lowest BCUT2D eigenvalue weighted by atomic mass is 9.98. The molecule has 1 atom stereocenters. The van der Waals surface area contributed by atoms with E-state index in [1.54, 1.807) is 14.0 Å². The minimum Gasteiger partial charge on any atom is -0.496 e. The molecule has 2 aliphatic rings. The quantitative estimate of drug-likeness (QED) is 0.789. The van der Waals surface area contributed by atoms with Gasteiger partial charge in [0, 0.05) is 64.9 Å². The zero-order valence-corrected chi connectivity index (χ0v) is 18.5. The first-order valence-electron chi connectivity index (χ1n) is 10.9. The second-order valence-corrected chi connectivity index (χ2v) is 8.55. The molecule has 2 aliphatic heterocycles. The number of ether oxygens (including phenoxy) is 1. The molecule has 1 amide bonds. The fourth-order valence-electron chi connectivity index (χ4n) is 4.89. The summed E-state index contributed by atoms with van der Waals surface area (Å²) in [6.45, 7) is 11.9. The van der Waals surface area contributed by atoms with Crippen molar-refractivity contribution in [2.24, 2.45) is 0 Å². The Hall–Kier alpha value is -1.63. The van der Waals surface area contributed by atoms with E-state index in [0.29, 0.717) is 12.1 Å². The third-order valence-corrected chi connectivity index (χ3v) is 6.97. The Labute approximate surface area is 175 Å². The van der Waals surface area contributed by atoms with Crippen molar-refractivity contribution < 1.29 is 14.6 Å². The Morgan fingerprint density at radius 3 is 2.48 bits per heavy atom. The second kappa shape index (κ2) is 9.92. The van der Waals surface area contributed by atoms with Gasteiger partial charge in [0.25, 0.3) is 0 Å². The van der Waals surface area contributed by atoms with Crippen molar-refractivity contribution in [3.63, 3.8) is 0 Å². The molecule has 29 heavy (non-hydrogen) atoms. The standard InChI is InChI=1S/C23H37N3O3/c1-17-18(2)23(29-4)6-5-20(17)15-25-12-13-26(16-22(25)9-14-27)21-7-10-24(11-8-21)19(3)28/h5-6,21-22,27H,7-16H2,1-4H3. The predicted molar refractivity (Wildman–Crippen MR) is 115 cm³/mol. The Bertz CT molecular complexity index is 701. The summed E-state index contributed by atoms with van der Waals surface area (Å²) in [6, 6.07) is 5.17. The Kier molecular flexibility index (Phi) is 7.55. The van der Waals surface area contributed by atoms with Crippen LogP contribution < -0.4 is 4.74 Å². The minimum atomic E-state index is 0.191. The van der Waals surface area contributed by atoms with Gasteiger partial charge in [-0.3, -0.25) is 14.6 Å². The molecule has 0 radical (unpaired) electrons. The molecule has 6 heteroatoms. The van der Waals surface area contributed by atoms with Crippen LogP contribution in [0.15, 0.2) is 12.1 Å². The smallest absolute Gasteiger partial charge is 0.219 e. The van der Waals surface area contributed by atoms with Crippen molar-refractivity contribution in [2.45, 2.75) is 58.7 Å². The fourth-order valence-corrected chi connectivity index (χ4v) is 4.89. The van der Waals surface area contributed by atoms with Gasteiger partial charge in [-0.2, -0.15) is 0 Å². The van der Waals surface area contributed by atoms with E-state index in [2.05, 4.69) is 35.8 Å². The van der Waals surface area contributed by atoms with E-state index in [1.807, 2.05) is 4.90 Å². The van der Waals surface area contributed by atoms with Gasteiger partial charge in [-0.15, -0.1) is 0 Å². The van der Waals surface area contributed by atoms with E-state index >= 15 is 0 Å². The van der Waals surface area contributed by atoms with Crippen LogP contribution in [0.5, 0.6) is 5.75 Å². The summed E-state index contributed by atoms with van der Waals surface area (Å²) in [5.41, 5.74) is 3.85. The van der Waals surface area contributed by atoms with E-state index in [1.165, 1.54) is 16.7 Å². The summed E-state index contributed by atoms with van der Waals surface area (Å²) >= 11 is 0. The maximum atomic E-state index is 11.6. The molecule has 1 unspecified atom stereocenters. The molecular formula is C23H37N3O3. The number of benzene rings is 1. The molecule has 162 valence electrons. The van der Waals surface area contributed by atoms with Gasteiger partial charge in [0.05, 0.1) is 7.11 Å². The fraction of sp³-hybridized carbons (Fsp3) is 0.696. The molecule has 6 nitrogen and oxygen atoms in total. The van der Waals surface area contributed by atoms with Crippen molar-refractivity contribution in [3.05, 3.63) is 28.8 Å². The van der Waals surface area contributed by atoms with Crippen LogP contribution in [-0.4, -0.2) is 84.2 Å². The molecule has 1 aromatic rings. The number of nitrogens with zero attached hydrogens (tertiary/aromatic N) is 3. The average Bonchev–Trinajstić information content (AvgIpc) is 2.73. The number of piperazine rings is 1. The van der Waals surface area contributed by atoms with E-state index in [-0.39, 0.29) is 12.5 Å². The Morgan fingerprint density at radius 2 is 1.86 bits per heavy atom. The maximum absolute atomic E-state index is 11.6. The van der Waals surface area contributed by atoms with Crippen LogP contribution in [0.25, 0.3) is 0 Å². The number of amides is 1. The minimum absolute atomic E-state index is 0.191. The lowest BCUT2D eigenvalue weighted by Gasteiger charge is -2.46. The first-order valence-corrected chi connectivity index (χ1v) is 10.9. The summed E-state index contributed by atoms with van der Waals surface area (Å²) in [6.07, 6.45) is 2.92. The SMILES string of the molecule is COc1ccc(CN2CCN(C3CCN(C(C)=O)CC3)CC2CCO)c(C)c1C. The van der Waals surface area contributed by atoms with Gasteiger partial charge in [0.15, 0.2) is 0 Å². The third kappa shape index (κ3) is 5.11. The summed E-state index contributed by atoms with van der Waals surface area (Å²) in [4.78, 5) is 18.7. The van der Waals surface area contributed by atoms with Gasteiger partial charge in [-0.1, -0.05) is 6.07 Å². The molecule has 2 saturated heterocycles. The average molecular weight is 404 g/mol. The number of hydrogen-bond donors (Lipinski definition) is 1. The number of methoxy groups -OCH3 is 1. The first kappa shape index (κ1) is 22.1. The molecule has 0 aromatic heterocycles. The molecule has 1 N–H and O–H groups in total.